The topological polar surface area (TPSA) is 76.9 Å². The number of hydrogen-bond donors (Lipinski definition) is 1. The Kier molecular flexibility index (Phi) is 13.1. The summed E-state index contributed by atoms with van der Waals surface area (Å²) in [6.45, 7) is 11.5. The van der Waals surface area contributed by atoms with E-state index >= 15 is 0 Å². The molecule has 0 atom stereocenters. The van der Waals surface area contributed by atoms with Crippen molar-refractivity contribution in [1.82, 2.24) is 34.6 Å². The molecule has 9 rings (SSSR count). The molecule has 61 heavy (non-hydrogen) atoms. The van der Waals surface area contributed by atoms with Gasteiger partial charge in [0.2, 0.25) is 5.89 Å². The molecule has 7 aromatic rings. The molecule has 0 aliphatic carbocycles. The van der Waals surface area contributed by atoms with Crippen LogP contribution in [0.25, 0.3) is 56.2 Å². The zero-order chi connectivity index (χ0) is 41.5. The largest absolute Gasteiger partial charge is 0.439 e. The number of methoxy groups -OCH3 is 1. The van der Waals surface area contributed by atoms with E-state index in [0.29, 0.717) is 22.5 Å². The van der Waals surface area contributed by atoms with Crippen molar-refractivity contribution >= 4 is 23.2 Å². The van der Waals surface area contributed by atoms with Crippen LogP contribution in [0.5, 0.6) is 0 Å². The van der Waals surface area contributed by atoms with Crippen LogP contribution in [0.15, 0.2) is 132 Å². The summed E-state index contributed by atoms with van der Waals surface area (Å²) in [6, 6.07) is 43.9. The van der Waals surface area contributed by atoms with E-state index < -0.39 is 0 Å². The van der Waals surface area contributed by atoms with E-state index in [1.54, 1.807) is 7.11 Å². The third kappa shape index (κ3) is 9.85. The molecular formula is C50H51Cl2N7O2. The quantitative estimate of drug-likeness (QED) is 0.116. The number of aromatic nitrogens is 3. The van der Waals surface area contributed by atoms with Gasteiger partial charge >= 0.3 is 0 Å². The number of aromatic amines is 1. The molecule has 0 bridgehead atoms. The van der Waals surface area contributed by atoms with E-state index in [-0.39, 0.29) is 0 Å². The van der Waals surface area contributed by atoms with Crippen molar-refractivity contribution in [3.8, 4) is 56.2 Å². The predicted octanol–water partition coefficient (Wildman–Crippen LogP) is 10.1. The Bertz CT molecular complexity index is 2510. The predicted molar refractivity (Wildman–Crippen MR) is 246 cm³/mol. The van der Waals surface area contributed by atoms with Crippen molar-refractivity contribution in [2.24, 2.45) is 0 Å². The fourth-order valence-electron chi connectivity index (χ4n) is 8.43. The number of rotatable bonds is 14. The summed E-state index contributed by atoms with van der Waals surface area (Å²) < 4.78 is 12.0. The van der Waals surface area contributed by atoms with Crippen molar-refractivity contribution in [3.05, 3.63) is 155 Å². The normalized spacial score (nSPS) is 15.7. The number of H-pyrrole nitrogens is 1. The van der Waals surface area contributed by atoms with Crippen molar-refractivity contribution in [2.45, 2.75) is 19.6 Å². The van der Waals surface area contributed by atoms with Gasteiger partial charge in [-0.2, -0.15) is 0 Å². The number of benzene rings is 5. The maximum Gasteiger partial charge on any atom is 0.209 e. The fourth-order valence-corrected chi connectivity index (χ4v) is 8.95. The summed E-state index contributed by atoms with van der Waals surface area (Å²) in [6.07, 6.45) is 0. The number of hydrogen-bond acceptors (Lipinski definition) is 8. The van der Waals surface area contributed by atoms with Gasteiger partial charge in [0.15, 0.2) is 5.76 Å². The Morgan fingerprint density at radius 2 is 1.07 bits per heavy atom. The second kappa shape index (κ2) is 19.3. The number of nitrogens with one attached hydrogen (secondary N) is 1. The Morgan fingerprint density at radius 1 is 0.541 bits per heavy atom. The fraction of sp³-hybridized carbons (Fsp3) is 0.280. The molecule has 4 heterocycles. The van der Waals surface area contributed by atoms with Crippen LogP contribution in [-0.2, 0) is 24.4 Å². The van der Waals surface area contributed by atoms with Gasteiger partial charge in [0.1, 0.15) is 11.5 Å². The number of oxazole rings is 1. The zero-order valence-electron chi connectivity index (χ0n) is 34.6. The van der Waals surface area contributed by atoms with Crippen molar-refractivity contribution in [1.29, 1.82) is 0 Å². The van der Waals surface area contributed by atoms with Gasteiger partial charge in [-0.1, -0.05) is 126 Å². The van der Waals surface area contributed by atoms with Crippen LogP contribution in [0.1, 0.15) is 17.3 Å². The van der Waals surface area contributed by atoms with Gasteiger partial charge in [-0.25, -0.2) is 9.97 Å². The summed E-state index contributed by atoms with van der Waals surface area (Å²) in [5.41, 5.74) is 10.2. The summed E-state index contributed by atoms with van der Waals surface area (Å²) in [4.78, 5) is 23.9. The maximum absolute atomic E-state index is 6.64. The van der Waals surface area contributed by atoms with E-state index in [1.807, 2.05) is 36.4 Å². The maximum atomic E-state index is 6.64. The lowest BCUT2D eigenvalue weighted by Gasteiger charge is -2.34. The van der Waals surface area contributed by atoms with Crippen LogP contribution in [0.4, 0.5) is 0 Å². The molecule has 0 amide bonds. The lowest BCUT2D eigenvalue weighted by Crippen LogP contribution is -2.46. The first-order valence-electron chi connectivity index (χ1n) is 21.2. The van der Waals surface area contributed by atoms with Crippen molar-refractivity contribution in [2.75, 3.05) is 72.6 Å². The highest BCUT2D eigenvalue weighted by molar-refractivity contribution is 6.36. The molecule has 0 saturated carbocycles. The van der Waals surface area contributed by atoms with Crippen LogP contribution < -0.4 is 0 Å². The molecule has 9 nitrogen and oxygen atoms in total. The first kappa shape index (κ1) is 41.3. The number of piperazine rings is 2. The summed E-state index contributed by atoms with van der Waals surface area (Å²) in [5.74, 6) is 2.47. The van der Waals surface area contributed by atoms with E-state index in [0.717, 1.165) is 146 Å². The molecule has 312 valence electrons. The number of nitrogens with zero attached hydrogens (tertiary/aromatic N) is 6. The van der Waals surface area contributed by atoms with E-state index in [4.69, 9.17) is 42.3 Å². The minimum atomic E-state index is 0.628. The molecule has 2 saturated heterocycles. The first-order valence-corrected chi connectivity index (χ1v) is 21.9. The minimum Gasteiger partial charge on any atom is -0.439 e. The second-order valence-electron chi connectivity index (χ2n) is 15.9. The molecule has 2 fully saturated rings. The molecule has 2 aliphatic rings. The van der Waals surface area contributed by atoms with Gasteiger partial charge in [-0.15, -0.1) is 0 Å². The Hall–Kier alpha value is -5.10. The highest BCUT2D eigenvalue weighted by Gasteiger charge is 2.24. The highest BCUT2D eigenvalue weighted by atomic mass is 35.5. The van der Waals surface area contributed by atoms with Gasteiger partial charge in [0, 0.05) is 110 Å². The number of ether oxygens (including phenoxy) is 1. The molecule has 2 aromatic heterocycles. The van der Waals surface area contributed by atoms with Crippen LogP contribution in [0.2, 0.25) is 10.0 Å². The average Bonchev–Trinajstić information content (AvgIpc) is 3.93. The number of imidazole rings is 1. The van der Waals surface area contributed by atoms with Crippen molar-refractivity contribution < 1.29 is 9.15 Å². The smallest absolute Gasteiger partial charge is 0.209 e. The molecular weight excluding hydrogens is 802 g/mol. The lowest BCUT2D eigenvalue weighted by atomic mass is 9.97. The SMILES string of the molecule is COCCN1CCN(Cc2nc(-c3ccccc3)c(-c3cccc(-c4cccc(-c5nc(CN6CCN(Cc7c(Cl)cccc7Cl)CC6)oc5-c5ccccc5)c4)c3)[nH]2)CC1. The molecule has 0 unspecified atom stereocenters. The van der Waals surface area contributed by atoms with Gasteiger partial charge in [0.05, 0.1) is 31.1 Å². The Labute approximate surface area is 368 Å². The Morgan fingerprint density at radius 3 is 1.72 bits per heavy atom. The van der Waals surface area contributed by atoms with Crippen LogP contribution in [0, 0.1) is 0 Å². The molecule has 11 heteroatoms. The first-order chi connectivity index (χ1) is 30.0. The van der Waals surface area contributed by atoms with Gasteiger partial charge in [-0.3, -0.25) is 19.6 Å². The van der Waals surface area contributed by atoms with E-state index in [1.165, 1.54) is 0 Å². The highest BCUT2D eigenvalue weighted by Crippen LogP contribution is 2.37. The van der Waals surface area contributed by atoms with Gasteiger partial charge in [0.25, 0.3) is 0 Å². The third-order valence-electron chi connectivity index (χ3n) is 11.8. The molecule has 0 radical (unpaired) electrons. The Balaban J connectivity index is 0.956. The average molecular weight is 853 g/mol. The lowest BCUT2D eigenvalue weighted by molar-refractivity contribution is 0.0927. The van der Waals surface area contributed by atoms with E-state index in [9.17, 15) is 0 Å². The molecule has 0 spiro atoms. The monoisotopic (exact) mass is 851 g/mol. The summed E-state index contributed by atoms with van der Waals surface area (Å²) >= 11 is 13.0. The van der Waals surface area contributed by atoms with Gasteiger partial charge in [-0.05, 0) is 35.4 Å². The third-order valence-corrected chi connectivity index (χ3v) is 12.6. The minimum absolute atomic E-state index is 0.628. The molecule has 1 N–H and O–H groups in total. The number of halogens is 2. The molecule has 5 aromatic carbocycles. The summed E-state index contributed by atoms with van der Waals surface area (Å²) in [5, 5.41) is 1.43. The van der Waals surface area contributed by atoms with Crippen LogP contribution in [0.3, 0.4) is 0 Å². The standard InChI is InChI=1S/C50H51Cl2N7O2/c1-60-30-29-56-21-23-58(24-22-56)34-45-53-47(36-11-4-2-5-12-36)48(54-45)40-17-8-15-38(31-40)39-16-9-18-41(32-39)49-50(37-13-6-3-7-14-37)61-46(55-49)35-59-27-25-57(26-28-59)33-42-43(51)19-10-20-44(42)52/h2-20,31-32H,21-30,33-35H2,1H3,(H,53,54). The second-order valence-corrected chi connectivity index (χ2v) is 16.8. The van der Waals surface area contributed by atoms with Gasteiger partial charge < -0.3 is 14.1 Å². The van der Waals surface area contributed by atoms with Crippen LogP contribution in [-0.4, -0.2) is 107 Å². The van der Waals surface area contributed by atoms with Crippen molar-refractivity contribution in [3.63, 3.8) is 0 Å². The summed E-state index contributed by atoms with van der Waals surface area (Å²) in [7, 11) is 1.77. The van der Waals surface area contributed by atoms with E-state index in [2.05, 4.69) is 116 Å². The molecule has 2 aliphatic heterocycles. The zero-order valence-corrected chi connectivity index (χ0v) is 36.1. The van der Waals surface area contributed by atoms with Crippen LogP contribution >= 0.6 is 23.2 Å².